The summed E-state index contributed by atoms with van der Waals surface area (Å²) in [6.45, 7) is 2.50. The number of carbonyl (C=O) groups is 1. The number of nitrogens with zero attached hydrogens (tertiary/aromatic N) is 7. The molecule has 1 aliphatic heterocycles. The quantitative estimate of drug-likeness (QED) is 0.408. The summed E-state index contributed by atoms with van der Waals surface area (Å²) >= 11 is 5.96. The van der Waals surface area contributed by atoms with Gasteiger partial charge in [0.05, 0.1) is 24.3 Å². The summed E-state index contributed by atoms with van der Waals surface area (Å²) in [6.07, 6.45) is 0. The first-order chi connectivity index (χ1) is 15.5. The molecule has 166 valence electrons. The van der Waals surface area contributed by atoms with Crippen LogP contribution in [-0.4, -0.2) is 74.1 Å². The smallest absolute Gasteiger partial charge is 0.282 e. The van der Waals surface area contributed by atoms with Gasteiger partial charge in [-0.2, -0.15) is 4.68 Å². The SMILES string of the molecule is COc1ccc(-n2nnnc2CN2CCN(C(=O)c3cc(Cl)ccc3[N+](=O)[O-])CC2)cc1. The van der Waals surface area contributed by atoms with Crippen molar-refractivity contribution in [1.29, 1.82) is 0 Å². The van der Waals surface area contributed by atoms with E-state index in [4.69, 9.17) is 16.3 Å². The maximum Gasteiger partial charge on any atom is 0.282 e. The Morgan fingerprint density at radius 1 is 1.16 bits per heavy atom. The van der Waals surface area contributed by atoms with Crippen LogP contribution in [0.25, 0.3) is 5.69 Å². The van der Waals surface area contributed by atoms with Gasteiger partial charge in [0.1, 0.15) is 11.3 Å². The molecule has 0 atom stereocenters. The first kappa shape index (κ1) is 21.7. The molecule has 0 aliphatic carbocycles. The summed E-state index contributed by atoms with van der Waals surface area (Å²) in [4.78, 5) is 27.3. The monoisotopic (exact) mass is 457 g/mol. The zero-order valence-corrected chi connectivity index (χ0v) is 18.0. The van der Waals surface area contributed by atoms with E-state index < -0.39 is 10.8 Å². The maximum atomic E-state index is 12.9. The van der Waals surface area contributed by atoms with Crippen LogP contribution in [0.15, 0.2) is 42.5 Å². The van der Waals surface area contributed by atoms with Gasteiger partial charge >= 0.3 is 0 Å². The minimum absolute atomic E-state index is 0.000557. The second-order valence-electron chi connectivity index (χ2n) is 7.19. The van der Waals surface area contributed by atoms with Gasteiger partial charge in [0.2, 0.25) is 0 Å². The Balaban J connectivity index is 1.41. The van der Waals surface area contributed by atoms with Gasteiger partial charge in [-0.3, -0.25) is 19.8 Å². The van der Waals surface area contributed by atoms with Crippen LogP contribution < -0.4 is 4.74 Å². The van der Waals surface area contributed by atoms with Crippen molar-refractivity contribution in [2.75, 3.05) is 33.3 Å². The normalized spacial score (nSPS) is 14.4. The van der Waals surface area contributed by atoms with Crippen LogP contribution in [-0.2, 0) is 6.54 Å². The molecule has 1 amide bonds. The van der Waals surface area contributed by atoms with Gasteiger partial charge in [-0.05, 0) is 46.8 Å². The molecule has 1 saturated heterocycles. The van der Waals surface area contributed by atoms with Crippen LogP contribution in [0.3, 0.4) is 0 Å². The fourth-order valence-corrected chi connectivity index (χ4v) is 3.72. The van der Waals surface area contributed by atoms with Crippen molar-refractivity contribution in [1.82, 2.24) is 30.0 Å². The fourth-order valence-electron chi connectivity index (χ4n) is 3.55. The van der Waals surface area contributed by atoms with Gasteiger partial charge < -0.3 is 9.64 Å². The van der Waals surface area contributed by atoms with Gasteiger partial charge in [0.15, 0.2) is 5.82 Å². The van der Waals surface area contributed by atoms with Crippen molar-refractivity contribution in [2.45, 2.75) is 6.54 Å². The number of methoxy groups -OCH3 is 1. The van der Waals surface area contributed by atoms with Crippen LogP contribution in [0.5, 0.6) is 5.75 Å². The van der Waals surface area contributed by atoms with E-state index in [9.17, 15) is 14.9 Å². The van der Waals surface area contributed by atoms with E-state index in [-0.39, 0.29) is 16.3 Å². The molecule has 2 aromatic carbocycles. The Labute approximate surface area is 188 Å². The van der Waals surface area contributed by atoms with Crippen molar-refractivity contribution in [3.05, 3.63) is 69.0 Å². The lowest BCUT2D eigenvalue weighted by atomic mass is 10.1. The topological polar surface area (TPSA) is 120 Å². The first-order valence-electron chi connectivity index (χ1n) is 9.83. The van der Waals surface area contributed by atoms with Crippen molar-refractivity contribution >= 4 is 23.2 Å². The summed E-state index contributed by atoms with van der Waals surface area (Å²) in [5.74, 6) is 1.01. The molecule has 0 N–H and O–H groups in total. The summed E-state index contributed by atoms with van der Waals surface area (Å²) in [5.41, 5.74) is 0.563. The third-order valence-electron chi connectivity index (χ3n) is 5.26. The summed E-state index contributed by atoms with van der Waals surface area (Å²) in [6, 6.07) is 11.4. The zero-order chi connectivity index (χ0) is 22.7. The average Bonchev–Trinajstić information content (AvgIpc) is 3.27. The van der Waals surface area contributed by atoms with Gasteiger partial charge in [-0.15, -0.1) is 5.10 Å². The molecule has 1 fully saturated rings. The van der Waals surface area contributed by atoms with Crippen LogP contribution in [0, 0.1) is 10.1 Å². The zero-order valence-electron chi connectivity index (χ0n) is 17.2. The molecule has 12 heteroatoms. The molecular formula is C20H20ClN7O4. The van der Waals surface area contributed by atoms with E-state index in [2.05, 4.69) is 20.4 Å². The van der Waals surface area contributed by atoms with Gasteiger partial charge in [-0.1, -0.05) is 11.6 Å². The Morgan fingerprint density at radius 2 is 1.88 bits per heavy atom. The van der Waals surface area contributed by atoms with Crippen molar-refractivity contribution in [2.24, 2.45) is 0 Å². The molecule has 0 saturated carbocycles. The summed E-state index contributed by atoms with van der Waals surface area (Å²) in [7, 11) is 1.60. The maximum absolute atomic E-state index is 12.9. The van der Waals surface area contributed by atoms with Crippen LogP contribution in [0.2, 0.25) is 5.02 Å². The molecule has 32 heavy (non-hydrogen) atoms. The van der Waals surface area contributed by atoms with Crippen LogP contribution in [0.1, 0.15) is 16.2 Å². The number of hydrogen-bond donors (Lipinski definition) is 0. The number of hydrogen-bond acceptors (Lipinski definition) is 8. The van der Waals surface area contributed by atoms with Gasteiger partial charge in [0.25, 0.3) is 11.6 Å². The summed E-state index contributed by atoms with van der Waals surface area (Å²) < 4.78 is 6.84. The Morgan fingerprint density at radius 3 is 2.53 bits per heavy atom. The van der Waals surface area contributed by atoms with E-state index in [1.807, 2.05) is 24.3 Å². The number of aromatic nitrogens is 4. The molecule has 2 heterocycles. The molecule has 3 aromatic rings. The minimum atomic E-state index is -0.571. The molecule has 11 nitrogen and oxygen atoms in total. The third-order valence-corrected chi connectivity index (χ3v) is 5.50. The van der Waals surface area contributed by atoms with E-state index in [0.29, 0.717) is 38.5 Å². The van der Waals surface area contributed by atoms with Gasteiger partial charge in [-0.25, -0.2) is 0 Å². The standard InChI is InChI=1S/C20H20ClN7O4/c1-32-16-5-3-15(4-6-16)27-19(22-23-24-27)13-25-8-10-26(11-9-25)20(29)17-12-14(21)2-7-18(17)28(30)31/h2-7,12H,8-11,13H2,1H3. The molecule has 0 unspecified atom stereocenters. The van der Waals surface area contributed by atoms with E-state index in [1.165, 1.54) is 18.2 Å². The molecule has 0 radical (unpaired) electrons. The molecule has 1 aromatic heterocycles. The minimum Gasteiger partial charge on any atom is -0.497 e. The molecule has 0 spiro atoms. The highest BCUT2D eigenvalue weighted by molar-refractivity contribution is 6.31. The molecule has 4 rings (SSSR count). The lowest BCUT2D eigenvalue weighted by Crippen LogP contribution is -2.48. The highest BCUT2D eigenvalue weighted by Gasteiger charge is 2.28. The number of halogens is 1. The number of amides is 1. The molecule has 1 aliphatic rings. The largest absolute Gasteiger partial charge is 0.497 e. The van der Waals surface area contributed by atoms with E-state index >= 15 is 0 Å². The summed E-state index contributed by atoms with van der Waals surface area (Å²) in [5, 5.41) is 23.6. The Hall–Kier alpha value is -3.57. The second-order valence-corrected chi connectivity index (χ2v) is 7.63. The number of ether oxygens (including phenoxy) is 1. The predicted molar refractivity (Wildman–Crippen MR) is 115 cm³/mol. The number of benzene rings is 2. The number of tetrazole rings is 1. The number of carbonyl (C=O) groups excluding carboxylic acids is 1. The van der Waals surface area contributed by atoms with E-state index in [0.717, 1.165) is 11.4 Å². The third kappa shape index (κ3) is 4.53. The van der Waals surface area contributed by atoms with Crippen LogP contribution in [0.4, 0.5) is 5.69 Å². The van der Waals surface area contributed by atoms with Crippen molar-refractivity contribution in [3.8, 4) is 11.4 Å². The average molecular weight is 458 g/mol. The highest BCUT2D eigenvalue weighted by Crippen LogP contribution is 2.25. The molecule has 0 bridgehead atoms. The number of rotatable bonds is 6. The van der Waals surface area contributed by atoms with E-state index in [1.54, 1.807) is 16.7 Å². The number of nitro benzene ring substituents is 1. The Kier molecular flexibility index (Phi) is 6.28. The Bertz CT molecular complexity index is 1130. The highest BCUT2D eigenvalue weighted by atomic mass is 35.5. The van der Waals surface area contributed by atoms with Crippen LogP contribution >= 0.6 is 11.6 Å². The molecular weight excluding hydrogens is 438 g/mol. The lowest BCUT2D eigenvalue weighted by molar-refractivity contribution is -0.385. The predicted octanol–water partition coefficient (Wildman–Crippen LogP) is 2.19. The lowest BCUT2D eigenvalue weighted by Gasteiger charge is -2.34. The second kappa shape index (κ2) is 9.28. The number of nitro groups is 1. The van der Waals surface area contributed by atoms with Crippen molar-refractivity contribution in [3.63, 3.8) is 0 Å². The van der Waals surface area contributed by atoms with Crippen molar-refractivity contribution < 1.29 is 14.5 Å². The number of piperazine rings is 1. The van der Waals surface area contributed by atoms with Gasteiger partial charge in [0, 0.05) is 37.3 Å². The first-order valence-corrected chi connectivity index (χ1v) is 10.2. The fraction of sp³-hybridized carbons (Fsp3) is 0.300.